The molecule has 0 aromatic heterocycles. The molecule has 1 aliphatic heterocycles. The summed E-state index contributed by atoms with van der Waals surface area (Å²) in [5, 5.41) is 32.0. The fourth-order valence-corrected chi connectivity index (χ4v) is 8.63. The third-order valence-corrected chi connectivity index (χ3v) is 9.52. The molecule has 6 fully saturated rings. The fraction of sp³-hybridized carbons (Fsp3) is 0.818. The Hall–Kier alpha value is -1.00. The maximum absolute atomic E-state index is 11.4. The Bertz CT molecular complexity index is 662. The van der Waals surface area contributed by atoms with E-state index in [1.54, 1.807) is 0 Å². The van der Waals surface area contributed by atoms with Crippen molar-refractivity contribution in [2.24, 2.45) is 34.0 Å². The van der Waals surface area contributed by atoms with E-state index in [0.29, 0.717) is 17.8 Å². The number of piperidine rings is 1. The van der Waals surface area contributed by atoms with Crippen LogP contribution in [-0.4, -0.2) is 45.5 Å². The third-order valence-electron chi connectivity index (χ3n) is 9.52. The summed E-state index contributed by atoms with van der Waals surface area (Å²) in [6.07, 6.45) is 9.57. The van der Waals surface area contributed by atoms with Crippen LogP contribution >= 0.6 is 0 Å². The summed E-state index contributed by atoms with van der Waals surface area (Å²) >= 11 is 0. The van der Waals surface area contributed by atoms with Crippen LogP contribution in [0.4, 0.5) is 0 Å². The van der Waals surface area contributed by atoms with Crippen molar-refractivity contribution in [3.05, 3.63) is 24.6 Å². The van der Waals surface area contributed by atoms with Gasteiger partial charge in [-0.15, -0.1) is 0 Å². The maximum Gasteiger partial charge on any atom is 0.0950 e. The van der Waals surface area contributed by atoms with Gasteiger partial charge in [0.15, 0.2) is 0 Å². The van der Waals surface area contributed by atoms with E-state index < -0.39 is 17.6 Å². The van der Waals surface area contributed by atoms with Crippen molar-refractivity contribution >= 4 is 0 Å². The summed E-state index contributed by atoms with van der Waals surface area (Å²) in [5.74, 6) is 1.28. The smallest absolute Gasteiger partial charge is 0.0950 e. The first-order valence-corrected chi connectivity index (χ1v) is 10.5. The van der Waals surface area contributed by atoms with E-state index in [9.17, 15) is 15.3 Å². The topological polar surface area (TPSA) is 63.9 Å². The molecule has 1 heterocycles. The quantitative estimate of drug-likeness (QED) is 0.497. The van der Waals surface area contributed by atoms with E-state index in [-0.39, 0.29) is 10.8 Å². The highest BCUT2D eigenvalue weighted by Gasteiger charge is 2.72. The Labute approximate surface area is 156 Å². The summed E-state index contributed by atoms with van der Waals surface area (Å²) in [5.41, 5.74) is 0.900. The number of likely N-dealkylation sites (tertiary alicyclic amines) is 1. The first-order chi connectivity index (χ1) is 12.4. The third kappa shape index (κ3) is 1.83. The Morgan fingerprint density at radius 1 is 1.12 bits per heavy atom. The molecule has 4 bridgehead atoms. The number of nitrogens with zero attached hydrogens (tertiary/aromatic N) is 1. The van der Waals surface area contributed by atoms with Crippen LogP contribution in [0.2, 0.25) is 0 Å². The van der Waals surface area contributed by atoms with Crippen molar-refractivity contribution < 1.29 is 15.3 Å². The van der Waals surface area contributed by atoms with Gasteiger partial charge in [-0.3, -0.25) is 0 Å². The van der Waals surface area contributed by atoms with Gasteiger partial charge in [0, 0.05) is 24.7 Å². The molecule has 0 aromatic rings. The summed E-state index contributed by atoms with van der Waals surface area (Å²) < 4.78 is 0. The Morgan fingerprint density at radius 3 is 2.69 bits per heavy atom. The second-order valence-corrected chi connectivity index (χ2v) is 10.4. The minimum absolute atomic E-state index is 0.143. The Balaban J connectivity index is 1.65. The van der Waals surface area contributed by atoms with Gasteiger partial charge in [0.2, 0.25) is 0 Å². The normalized spacial score (nSPS) is 55.7. The molecule has 0 unspecified atom stereocenters. The highest BCUT2D eigenvalue weighted by molar-refractivity contribution is 5.29. The molecule has 4 heteroatoms. The van der Waals surface area contributed by atoms with Gasteiger partial charge in [0.25, 0.3) is 0 Å². The van der Waals surface area contributed by atoms with Crippen LogP contribution in [0.3, 0.4) is 0 Å². The van der Waals surface area contributed by atoms with E-state index in [2.05, 4.69) is 18.4 Å². The van der Waals surface area contributed by atoms with Gasteiger partial charge in [0.1, 0.15) is 0 Å². The van der Waals surface area contributed by atoms with Crippen molar-refractivity contribution in [3.63, 3.8) is 0 Å². The predicted octanol–water partition coefficient (Wildman–Crippen LogP) is 3.22. The number of aliphatic hydroxyl groups is 3. The van der Waals surface area contributed by atoms with E-state index in [1.807, 2.05) is 6.20 Å². The minimum atomic E-state index is -0.553. The molecule has 144 valence electrons. The van der Waals surface area contributed by atoms with E-state index in [4.69, 9.17) is 0 Å². The largest absolute Gasteiger partial charge is 0.514 e. The molecule has 0 radical (unpaired) electrons. The van der Waals surface area contributed by atoms with E-state index in [1.165, 1.54) is 25.5 Å². The van der Waals surface area contributed by atoms with Gasteiger partial charge in [-0.25, -0.2) is 0 Å². The van der Waals surface area contributed by atoms with Crippen LogP contribution in [-0.2, 0) is 0 Å². The SMILES string of the molecule is C=C1[C@H]2CC[C@@]3([C@H](O)C[C@@H]4[C@@]5(C)CCC[C@@]4(CN(/C=C/O)C5)[C@@H]3C2)[C@H]1O. The zero-order valence-electron chi connectivity index (χ0n) is 15.9. The van der Waals surface area contributed by atoms with Gasteiger partial charge in [-0.05, 0) is 72.7 Å². The second-order valence-electron chi connectivity index (χ2n) is 10.4. The van der Waals surface area contributed by atoms with Crippen LogP contribution in [0, 0.1) is 34.0 Å². The lowest BCUT2D eigenvalue weighted by molar-refractivity contribution is -0.272. The monoisotopic (exact) mass is 359 g/mol. The summed E-state index contributed by atoms with van der Waals surface area (Å²) in [6.45, 7) is 8.53. The number of hydrogen-bond acceptors (Lipinski definition) is 4. The van der Waals surface area contributed by atoms with Crippen molar-refractivity contribution in [1.82, 2.24) is 4.90 Å². The Kier molecular flexibility index (Phi) is 3.48. The highest BCUT2D eigenvalue weighted by Crippen LogP contribution is 2.73. The first-order valence-electron chi connectivity index (χ1n) is 10.5. The van der Waals surface area contributed by atoms with Gasteiger partial charge in [-0.2, -0.15) is 0 Å². The van der Waals surface area contributed by atoms with Crippen LogP contribution < -0.4 is 0 Å². The number of fused-ring (bicyclic) bond motifs is 2. The molecule has 4 nitrogen and oxygen atoms in total. The van der Waals surface area contributed by atoms with Crippen LogP contribution in [0.15, 0.2) is 24.6 Å². The van der Waals surface area contributed by atoms with Crippen LogP contribution in [0.1, 0.15) is 51.9 Å². The summed E-state index contributed by atoms with van der Waals surface area (Å²) in [6, 6.07) is 0. The molecule has 3 N–H and O–H groups in total. The average Bonchev–Trinajstić information content (AvgIpc) is 2.60. The predicted molar refractivity (Wildman–Crippen MR) is 100 cm³/mol. The zero-order valence-corrected chi connectivity index (χ0v) is 15.9. The molecular formula is C22H33NO3. The minimum Gasteiger partial charge on any atom is -0.514 e. The number of aliphatic hydroxyl groups excluding tert-OH is 3. The molecule has 1 spiro atoms. The molecule has 0 aromatic carbocycles. The van der Waals surface area contributed by atoms with Gasteiger partial charge >= 0.3 is 0 Å². The molecule has 6 aliphatic rings. The van der Waals surface area contributed by atoms with E-state index in [0.717, 1.165) is 44.3 Å². The van der Waals surface area contributed by atoms with Crippen LogP contribution in [0.25, 0.3) is 0 Å². The van der Waals surface area contributed by atoms with Crippen molar-refractivity contribution in [3.8, 4) is 0 Å². The molecule has 5 saturated carbocycles. The lowest BCUT2D eigenvalue weighted by atomic mass is 9.34. The first kappa shape index (κ1) is 17.1. The van der Waals surface area contributed by atoms with E-state index >= 15 is 0 Å². The zero-order chi connectivity index (χ0) is 18.3. The molecule has 1 saturated heterocycles. The lowest BCUT2D eigenvalue weighted by Gasteiger charge is -2.73. The maximum atomic E-state index is 11.4. The lowest BCUT2D eigenvalue weighted by Crippen LogP contribution is -2.73. The molecule has 26 heavy (non-hydrogen) atoms. The fourth-order valence-electron chi connectivity index (χ4n) is 8.63. The van der Waals surface area contributed by atoms with Crippen LogP contribution in [0.5, 0.6) is 0 Å². The number of rotatable bonds is 1. The van der Waals surface area contributed by atoms with Crippen molar-refractivity contribution in [2.75, 3.05) is 13.1 Å². The second kappa shape index (κ2) is 5.29. The van der Waals surface area contributed by atoms with Gasteiger partial charge in [0.05, 0.1) is 18.5 Å². The molecule has 5 aliphatic carbocycles. The van der Waals surface area contributed by atoms with Crippen molar-refractivity contribution in [2.45, 2.75) is 64.1 Å². The molecule has 0 amide bonds. The van der Waals surface area contributed by atoms with Gasteiger partial charge in [-0.1, -0.05) is 19.9 Å². The summed E-state index contributed by atoms with van der Waals surface area (Å²) in [7, 11) is 0. The van der Waals surface area contributed by atoms with Crippen molar-refractivity contribution in [1.29, 1.82) is 0 Å². The molecular weight excluding hydrogens is 326 g/mol. The highest BCUT2D eigenvalue weighted by atomic mass is 16.3. The Morgan fingerprint density at radius 2 is 1.92 bits per heavy atom. The molecule has 6 rings (SSSR count). The molecule has 8 atom stereocenters. The standard InChI is InChI=1S/C22H33NO3/c1-14-15-4-7-22(19(14)26)17(10-15)21-6-3-5-20(2,16(21)11-18(22)25)12-23(13-21)8-9-24/h8-9,15-19,24-26H,1,3-7,10-13H2,2H3/b9-8+/t15-,16+,17-,18+,19-,20-,21-,22+/m0/s1. The summed E-state index contributed by atoms with van der Waals surface area (Å²) in [4.78, 5) is 2.31. The van der Waals surface area contributed by atoms with Gasteiger partial charge < -0.3 is 20.2 Å². The number of hydrogen-bond donors (Lipinski definition) is 3. The average molecular weight is 360 g/mol.